The number of fused-ring (bicyclic) bond motifs is 1. The largest absolute Gasteiger partial charge is 0.493 e. The van der Waals surface area contributed by atoms with Gasteiger partial charge in [0.05, 0.1) is 18.5 Å². The molecule has 1 aliphatic rings. The van der Waals surface area contributed by atoms with E-state index in [2.05, 4.69) is 24.3 Å². The number of amides is 1. The molecule has 0 fully saturated rings. The molecule has 3 aromatic rings. The molecule has 0 radical (unpaired) electrons. The van der Waals surface area contributed by atoms with Crippen molar-refractivity contribution in [3.63, 3.8) is 0 Å². The molecule has 0 spiro atoms. The van der Waals surface area contributed by atoms with Crippen molar-refractivity contribution < 1.29 is 13.9 Å². The normalized spacial score (nSPS) is 16.0. The zero-order chi connectivity index (χ0) is 19.7. The summed E-state index contributed by atoms with van der Waals surface area (Å²) in [4.78, 5) is 12.4. The second-order valence-corrected chi connectivity index (χ2v) is 7.42. The minimum atomic E-state index is -0.313. The van der Waals surface area contributed by atoms with E-state index in [1.165, 1.54) is 12.1 Å². The van der Waals surface area contributed by atoms with Gasteiger partial charge in [-0.3, -0.25) is 4.79 Å². The predicted octanol–water partition coefficient (Wildman–Crippen LogP) is 4.52. The third-order valence-electron chi connectivity index (χ3n) is 4.76. The van der Waals surface area contributed by atoms with Crippen LogP contribution in [0.4, 0.5) is 10.2 Å². The lowest BCUT2D eigenvalue weighted by atomic mass is 9.87. The molecule has 2 aromatic carbocycles. The van der Waals surface area contributed by atoms with Crippen LogP contribution in [0.25, 0.3) is 5.69 Å². The van der Waals surface area contributed by atoms with Crippen molar-refractivity contribution in [2.75, 3.05) is 11.9 Å². The standard InChI is InChI=1S/C22H22FN3O2/c1-14(2)13-28-18-9-3-15(4-10-18)19-11-21(27)25-22-20(19)12-24-26(22)17-7-5-16(23)6-8-17/h3-10,12,14,19H,11,13H2,1-2H3,(H,25,27)/t19-/m1/s1. The highest BCUT2D eigenvalue weighted by atomic mass is 19.1. The van der Waals surface area contributed by atoms with Gasteiger partial charge in [0.1, 0.15) is 17.4 Å². The Balaban J connectivity index is 1.64. The molecular formula is C22H22FN3O2. The van der Waals surface area contributed by atoms with Gasteiger partial charge in [0, 0.05) is 17.9 Å². The van der Waals surface area contributed by atoms with Crippen molar-refractivity contribution in [1.29, 1.82) is 0 Å². The minimum Gasteiger partial charge on any atom is -0.493 e. The number of hydrogen-bond donors (Lipinski definition) is 1. The van der Waals surface area contributed by atoms with Crippen molar-refractivity contribution >= 4 is 11.7 Å². The summed E-state index contributed by atoms with van der Waals surface area (Å²) in [5.74, 6) is 1.44. The Hall–Kier alpha value is -3.15. The highest BCUT2D eigenvalue weighted by Gasteiger charge is 2.30. The first-order chi connectivity index (χ1) is 13.5. The van der Waals surface area contributed by atoms with E-state index in [4.69, 9.17) is 4.74 Å². The number of benzene rings is 2. The summed E-state index contributed by atoms with van der Waals surface area (Å²) in [5.41, 5.74) is 2.67. The van der Waals surface area contributed by atoms with E-state index >= 15 is 0 Å². The summed E-state index contributed by atoms with van der Waals surface area (Å²) < 4.78 is 20.6. The average molecular weight is 379 g/mol. The SMILES string of the molecule is CC(C)COc1ccc([C@H]2CC(=O)Nc3c2cnn3-c2ccc(F)cc2)cc1. The molecule has 2 heterocycles. The van der Waals surface area contributed by atoms with Gasteiger partial charge in [-0.1, -0.05) is 26.0 Å². The molecule has 1 aromatic heterocycles. The van der Waals surface area contributed by atoms with Crippen LogP contribution < -0.4 is 10.1 Å². The Morgan fingerprint density at radius 2 is 1.89 bits per heavy atom. The summed E-state index contributed by atoms with van der Waals surface area (Å²) in [6.45, 7) is 4.88. The fraction of sp³-hybridized carbons (Fsp3) is 0.273. The van der Waals surface area contributed by atoms with Crippen molar-refractivity contribution in [3.8, 4) is 11.4 Å². The fourth-order valence-electron chi connectivity index (χ4n) is 3.35. The Labute approximate surface area is 163 Å². The number of anilines is 1. The second kappa shape index (κ2) is 7.46. The molecule has 5 nitrogen and oxygen atoms in total. The van der Waals surface area contributed by atoms with E-state index in [9.17, 15) is 9.18 Å². The molecule has 0 saturated heterocycles. The van der Waals surface area contributed by atoms with Crippen LogP contribution in [-0.4, -0.2) is 22.3 Å². The molecule has 0 unspecified atom stereocenters. The molecule has 0 bridgehead atoms. The second-order valence-electron chi connectivity index (χ2n) is 7.42. The van der Waals surface area contributed by atoms with Crippen LogP contribution in [0.5, 0.6) is 5.75 Å². The first-order valence-corrected chi connectivity index (χ1v) is 9.37. The molecule has 0 aliphatic carbocycles. The van der Waals surface area contributed by atoms with Gasteiger partial charge in [-0.05, 0) is 47.9 Å². The highest BCUT2D eigenvalue weighted by molar-refractivity contribution is 5.94. The third kappa shape index (κ3) is 3.63. The highest BCUT2D eigenvalue weighted by Crippen LogP contribution is 2.38. The van der Waals surface area contributed by atoms with Gasteiger partial charge in [0.25, 0.3) is 0 Å². The maximum Gasteiger partial charge on any atom is 0.226 e. The summed E-state index contributed by atoms with van der Waals surface area (Å²) in [5, 5.41) is 7.34. The minimum absolute atomic E-state index is 0.0681. The van der Waals surface area contributed by atoms with Crippen LogP contribution in [-0.2, 0) is 4.79 Å². The number of nitrogens with one attached hydrogen (secondary N) is 1. The Kier molecular flexibility index (Phi) is 4.86. The van der Waals surface area contributed by atoms with E-state index < -0.39 is 0 Å². The first-order valence-electron chi connectivity index (χ1n) is 9.37. The Morgan fingerprint density at radius 1 is 1.18 bits per heavy atom. The number of nitrogens with zero attached hydrogens (tertiary/aromatic N) is 2. The summed E-state index contributed by atoms with van der Waals surface area (Å²) >= 11 is 0. The quantitative estimate of drug-likeness (QED) is 0.709. The summed E-state index contributed by atoms with van der Waals surface area (Å²) in [6.07, 6.45) is 2.13. The average Bonchev–Trinajstić information content (AvgIpc) is 3.10. The van der Waals surface area contributed by atoms with E-state index in [0.29, 0.717) is 30.5 Å². The fourth-order valence-corrected chi connectivity index (χ4v) is 3.35. The number of aromatic nitrogens is 2. The number of rotatable bonds is 5. The van der Waals surface area contributed by atoms with Gasteiger partial charge in [-0.2, -0.15) is 5.10 Å². The summed E-state index contributed by atoms with van der Waals surface area (Å²) in [7, 11) is 0. The van der Waals surface area contributed by atoms with Crippen molar-refractivity contribution in [2.45, 2.75) is 26.2 Å². The van der Waals surface area contributed by atoms with Crippen LogP contribution in [0.2, 0.25) is 0 Å². The predicted molar refractivity (Wildman–Crippen MR) is 105 cm³/mol. The van der Waals surface area contributed by atoms with Gasteiger partial charge in [-0.25, -0.2) is 9.07 Å². The van der Waals surface area contributed by atoms with Gasteiger partial charge >= 0.3 is 0 Å². The molecule has 0 saturated carbocycles. The molecule has 1 atom stereocenters. The molecule has 4 rings (SSSR count). The maximum absolute atomic E-state index is 13.2. The van der Waals surface area contributed by atoms with Crippen molar-refractivity contribution in [3.05, 3.63) is 71.7 Å². The molecule has 144 valence electrons. The molecule has 28 heavy (non-hydrogen) atoms. The van der Waals surface area contributed by atoms with Gasteiger partial charge in [0.15, 0.2) is 0 Å². The lowest BCUT2D eigenvalue weighted by Gasteiger charge is -2.24. The number of halogens is 1. The van der Waals surface area contributed by atoms with Crippen LogP contribution in [0.3, 0.4) is 0 Å². The first kappa shape index (κ1) is 18.2. The van der Waals surface area contributed by atoms with Crippen molar-refractivity contribution in [1.82, 2.24) is 9.78 Å². The molecule has 1 amide bonds. The molecule has 1 aliphatic heterocycles. The zero-order valence-electron chi connectivity index (χ0n) is 15.9. The zero-order valence-corrected chi connectivity index (χ0v) is 15.9. The topological polar surface area (TPSA) is 56.1 Å². The number of ether oxygens (including phenoxy) is 1. The maximum atomic E-state index is 13.2. The Bertz CT molecular complexity index is 978. The summed E-state index contributed by atoms with van der Waals surface area (Å²) in [6, 6.07) is 13.9. The van der Waals surface area contributed by atoms with Gasteiger partial charge < -0.3 is 10.1 Å². The van der Waals surface area contributed by atoms with E-state index in [0.717, 1.165) is 16.9 Å². The molecule has 6 heteroatoms. The van der Waals surface area contributed by atoms with Crippen LogP contribution in [0, 0.1) is 11.7 Å². The number of carbonyl (C=O) groups is 1. The number of carbonyl (C=O) groups excluding carboxylic acids is 1. The molecule has 1 N–H and O–H groups in total. The van der Waals surface area contributed by atoms with Crippen LogP contribution in [0.1, 0.15) is 37.3 Å². The van der Waals surface area contributed by atoms with Gasteiger partial charge in [-0.15, -0.1) is 0 Å². The van der Waals surface area contributed by atoms with Crippen LogP contribution >= 0.6 is 0 Å². The van der Waals surface area contributed by atoms with E-state index in [1.807, 2.05) is 24.3 Å². The van der Waals surface area contributed by atoms with E-state index in [-0.39, 0.29) is 17.6 Å². The lowest BCUT2D eigenvalue weighted by molar-refractivity contribution is -0.116. The van der Waals surface area contributed by atoms with Gasteiger partial charge in [0.2, 0.25) is 5.91 Å². The lowest BCUT2D eigenvalue weighted by Crippen LogP contribution is -2.24. The van der Waals surface area contributed by atoms with Crippen molar-refractivity contribution in [2.24, 2.45) is 5.92 Å². The Morgan fingerprint density at radius 3 is 2.57 bits per heavy atom. The smallest absolute Gasteiger partial charge is 0.226 e. The third-order valence-corrected chi connectivity index (χ3v) is 4.76. The van der Waals surface area contributed by atoms with E-state index in [1.54, 1.807) is 23.0 Å². The number of hydrogen-bond acceptors (Lipinski definition) is 3. The monoisotopic (exact) mass is 379 g/mol. The van der Waals surface area contributed by atoms with Crippen LogP contribution in [0.15, 0.2) is 54.7 Å². The molecular weight excluding hydrogens is 357 g/mol.